The molecule has 5 heteroatoms. The van der Waals surface area contributed by atoms with E-state index < -0.39 is 5.92 Å². The Balaban J connectivity index is 1.92. The molecule has 1 aromatic carbocycles. The molecule has 1 N–H and O–H groups in total. The average Bonchev–Trinajstić information content (AvgIpc) is 3.27. The van der Waals surface area contributed by atoms with E-state index in [0.717, 1.165) is 30.9 Å². The van der Waals surface area contributed by atoms with Crippen molar-refractivity contribution in [3.63, 3.8) is 0 Å². The van der Waals surface area contributed by atoms with Gasteiger partial charge in [-0.25, -0.2) is 8.78 Å². The monoisotopic (exact) mass is 311 g/mol. The highest BCUT2D eigenvalue weighted by Gasteiger charge is 2.34. The minimum absolute atomic E-state index is 0.144. The molecule has 1 aliphatic rings. The number of carbonyl (C=O) groups excluding carboxylic acids is 1. The van der Waals surface area contributed by atoms with Gasteiger partial charge in [0, 0.05) is 25.6 Å². The molecule has 0 aliphatic heterocycles. The molecule has 0 bridgehead atoms. The van der Waals surface area contributed by atoms with Crippen molar-refractivity contribution >= 4 is 5.97 Å². The third-order valence-corrected chi connectivity index (χ3v) is 3.75. The smallest absolute Gasteiger partial charge is 0.307 e. The number of hydrogen-bond donors (Lipinski definition) is 1. The Morgan fingerprint density at radius 3 is 2.73 bits per heavy atom. The lowest BCUT2D eigenvalue weighted by Crippen LogP contribution is -2.19. The first kappa shape index (κ1) is 16.9. The van der Waals surface area contributed by atoms with E-state index in [1.54, 1.807) is 13.0 Å². The zero-order chi connectivity index (χ0) is 16.2. The zero-order valence-electron chi connectivity index (χ0n) is 13.1. The minimum Gasteiger partial charge on any atom is -0.466 e. The van der Waals surface area contributed by atoms with Crippen molar-refractivity contribution in [1.82, 2.24) is 5.32 Å². The maximum Gasteiger partial charge on any atom is 0.307 e. The van der Waals surface area contributed by atoms with Crippen LogP contribution in [0.2, 0.25) is 0 Å². The molecule has 0 heterocycles. The zero-order valence-corrected chi connectivity index (χ0v) is 13.1. The number of rotatable bonds is 8. The van der Waals surface area contributed by atoms with E-state index >= 15 is 0 Å². The summed E-state index contributed by atoms with van der Waals surface area (Å²) in [6, 6.07) is 5.15. The van der Waals surface area contributed by atoms with Crippen LogP contribution < -0.4 is 5.32 Å². The second kappa shape index (κ2) is 7.18. The van der Waals surface area contributed by atoms with Gasteiger partial charge in [-0.05, 0) is 36.8 Å². The molecule has 0 spiro atoms. The molecular formula is C17H23F2NO2. The highest BCUT2D eigenvalue weighted by atomic mass is 19.3. The summed E-state index contributed by atoms with van der Waals surface area (Å²) in [7, 11) is 0. The van der Waals surface area contributed by atoms with Crippen LogP contribution in [0.1, 0.15) is 55.7 Å². The van der Waals surface area contributed by atoms with Crippen LogP contribution >= 0.6 is 0 Å². The van der Waals surface area contributed by atoms with Crippen LogP contribution in [0.4, 0.5) is 8.78 Å². The van der Waals surface area contributed by atoms with Crippen LogP contribution in [0.15, 0.2) is 18.2 Å². The molecule has 2 rings (SSSR count). The quantitative estimate of drug-likeness (QED) is 0.587. The van der Waals surface area contributed by atoms with Crippen LogP contribution in [0.3, 0.4) is 0 Å². The summed E-state index contributed by atoms with van der Waals surface area (Å²) in [5.74, 6) is -2.75. The van der Waals surface area contributed by atoms with Crippen molar-refractivity contribution in [2.75, 3.05) is 13.2 Å². The Bertz CT molecular complexity index is 522. The number of esters is 1. The maximum atomic E-state index is 13.6. The lowest BCUT2D eigenvalue weighted by atomic mass is 9.96. The van der Waals surface area contributed by atoms with Gasteiger partial charge in [-0.2, -0.15) is 0 Å². The standard InChI is InChI=1S/C17H23F2NO2/c1-3-22-16(21)8-9-20-11-12-4-7-15(17(2,18)19)14(10-12)13-5-6-13/h4,7,10,13,20H,3,5-6,8-9,11H2,1-2H3. The van der Waals surface area contributed by atoms with E-state index in [-0.39, 0.29) is 17.5 Å². The van der Waals surface area contributed by atoms with E-state index in [4.69, 9.17) is 4.74 Å². The highest BCUT2D eigenvalue weighted by Crippen LogP contribution is 2.45. The van der Waals surface area contributed by atoms with E-state index in [1.807, 2.05) is 6.07 Å². The van der Waals surface area contributed by atoms with Gasteiger partial charge in [-0.1, -0.05) is 18.2 Å². The number of hydrogen-bond acceptors (Lipinski definition) is 3. The van der Waals surface area contributed by atoms with Crippen LogP contribution in [0.5, 0.6) is 0 Å². The fourth-order valence-corrected chi connectivity index (χ4v) is 2.51. The van der Waals surface area contributed by atoms with Gasteiger partial charge in [-0.3, -0.25) is 4.79 Å². The molecule has 0 aromatic heterocycles. The fraction of sp³-hybridized carbons (Fsp3) is 0.588. The molecular weight excluding hydrogens is 288 g/mol. The first-order valence-electron chi connectivity index (χ1n) is 7.79. The first-order valence-corrected chi connectivity index (χ1v) is 7.79. The van der Waals surface area contributed by atoms with Crippen molar-refractivity contribution in [3.05, 3.63) is 34.9 Å². The summed E-state index contributed by atoms with van der Waals surface area (Å²) in [4.78, 5) is 11.2. The summed E-state index contributed by atoms with van der Waals surface area (Å²) in [5.41, 5.74) is 1.89. The Labute approximate surface area is 130 Å². The van der Waals surface area contributed by atoms with Crippen molar-refractivity contribution in [3.8, 4) is 0 Å². The number of ether oxygens (including phenoxy) is 1. The predicted octanol–water partition coefficient (Wildman–Crippen LogP) is 3.72. The number of halogens is 2. The normalized spacial score (nSPS) is 14.9. The fourth-order valence-electron chi connectivity index (χ4n) is 2.51. The molecule has 0 saturated heterocycles. The molecule has 0 amide bonds. The van der Waals surface area contributed by atoms with E-state index in [1.165, 1.54) is 6.07 Å². The summed E-state index contributed by atoms with van der Waals surface area (Å²) < 4.78 is 32.1. The number of alkyl halides is 2. The Morgan fingerprint density at radius 2 is 2.14 bits per heavy atom. The SMILES string of the molecule is CCOC(=O)CCNCc1ccc(C(C)(F)F)c(C2CC2)c1. The molecule has 0 radical (unpaired) electrons. The van der Waals surface area contributed by atoms with Crippen molar-refractivity contribution in [1.29, 1.82) is 0 Å². The third-order valence-electron chi connectivity index (χ3n) is 3.75. The number of benzene rings is 1. The molecule has 1 aliphatic carbocycles. The molecule has 22 heavy (non-hydrogen) atoms. The van der Waals surface area contributed by atoms with Gasteiger partial charge in [0.05, 0.1) is 13.0 Å². The maximum absolute atomic E-state index is 13.6. The van der Waals surface area contributed by atoms with Gasteiger partial charge in [0.1, 0.15) is 0 Å². The molecule has 0 atom stereocenters. The van der Waals surface area contributed by atoms with Crippen LogP contribution in [0.25, 0.3) is 0 Å². The predicted molar refractivity (Wildman–Crippen MR) is 80.9 cm³/mol. The van der Waals surface area contributed by atoms with Gasteiger partial charge in [0.25, 0.3) is 5.92 Å². The molecule has 1 aromatic rings. The number of carbonyl (C=O) groups is 1. The minimum atomic E-state index is -2.80. The second-order valence-corrected chi connectivity index (χ2v) is 5.82. The molecule has 0 unspecified atom stereocenters. The molecule has 122 valence electrons. The average molecular weight is 311 g/mol. The summed E-state index contributed by atoms with van der Waals surface area (Å²) >= 11 is 0. The lowest BCUT2D eigenvalue weighted by molar-refractivity contribution is -0.142. The van der Waals surface area contributed by atoms with Crippen molar-refractivity contribution in [2.24, 2.45) is 0 Å². The number of nitrogens with one attached hydrogen (secondary N) is 1. The Morgan fingerprint density at radius 1 is 1.41 bits per heavy atom. The molecule has 3 nitrogen and oxygen atoms in total. The Hall–Kier alpha value is -1.49. The van der Waals surface area contributed by atoms with Gasteiger partial charge in [0.15, 0.2) is 0 Å². The van der Waals surface area contributed by atoms with Crippen molar-refractivity contribution < 1.29 is 18.3 Å². The van der Waals surface area contributed by atoms with E-state index in [2.05, 4.69) is 5.32 Å². The van der Waals surface area contributed by atoms with Crippen LogP contribution in [-0.2, 0) is 22.0 Å². The topological polar surface area (TPSA) is 38.3 Å². The molecule has 1 saturated carbocycles. The Kier molecular flexibility index (Phi) is 5.51. The lowest BCUT2D eigenvalue weighted by Gasteiger charge is -2.17. The highest BCUT2D eigenvalue weighted by molar-refractivity contribution is 5.69. The molecule has 1 fully saturated rings. The first-order chi connectivity index (χ1) is 10.4. The van der Waals surface area contributed by atoms with Crippen molar-refractivity contribution in [2.45, 2.75) is 51.5 Å². The van der Waals surface area contributed by atoms with Gasteiger partial charge >= 0.3 is 5.97 Å². The summed E-state index contributed by atoms with van der Waals surface area (Å²) in [6.07, 6.45) is 2.29. The van der Waals surface area contributed by atoms with Crippen LogP contribution in [0, 0.1) is 0 Å². The van der Waals surface area contributed by atoms with Crippen LogP contribution in [-0.4, -0.2) is 19.1 Å². The van der Waals surface area contributed by atoms with E-state index in [0.29, 0.717) is 26.1 Å². The van der Waals surface area contributed by atoms with Gasteiger partial charge in [0.2, 0.25) is 0 Å². The van der Waals surface area contributed by atoms with Gasteiger partial charge in [-0.15, -0.1) is 0 Å². The van der Waals surface area contributed by atoms with E-state index in [9.17, 15) is 13.6 Å². The third kappa shape index (κ3) is 4.77. The second-order valence-electron chi connectivity index (χ2n) is 5.82. The largest absolute Gasteiger partial charge is 0.466 e. The summed E-state index contributed by atoms with van der Waals surface area (Å²) in [6.45, 7) is 4.19. The van der Waals surface area contributed by atoms with Gasteiger partial charge < -0.3 is 10.1 Å². The summed E-state index contributed by atoms with van der Waals surface area (Å²) in [5, 5.41) is 3.15.